The Morgan fingerprint density at radius 2 is 1.95 bits per heavy atom. The molecule has 0 spiro atoms. The number of carbonyl (C=O) groups excluding carboxylic acids is 1. The van der Waals surface area contributed by atoms with Gasteiger partial charge in [0, 0.05) is 13.1 Å². The summed E-state index contributed by atoms with van der Waals surface area (Å²) >= 11 is 0. The van der Waals surface area contributed by atoms with Crippen molar-refractivity contribution in [2.45, 2.75) is 19.8 Å². The minimum Gasteiger partial charge on any atom is -0.484 e. The average Bonchev–Trinajstić information content (AvgIpc) is 2.52. The van der Waals surface area contributed by atoms with E-state index in [1.807, 2.05) is 35.2 Å². The maximum Gasteiger partial charge on any atom is 0.260 e. The quantitative estimate of drug-likeness (QED) is 0.876. The molecule has 1 aromatic rings. The van der Waals surface area contributed by atoms with Crippen molar-refractivity contribution in [3.05, 3.63) is 30.3 Å². The van der Waals surface area contributed by atoms with Crippen LogP contribution in [0.4, 0.5) is 0 Å². The molecule has 1 aliphatic rings. The van der Waals surface area contributed by atoms with Gasteiger partial charge < -0.3 is 15.0 Å². The molecule has 0 aliphatic carbocycles. The fourth-order valence-electron chi connectivity index (χ4n) is 2.49. The van der Waals surface area contributed by atoms with Crippen LogP contribution in [-0.2, 0) is 4.79 Å². The lowest BCUT2D eigenvalue weighted by atomic mass is 9.97. The van der Waals surface area contributed by atoms with E-state index < -0.39 is 0 Å². The summed E-state index contributed by atoms with van der Waals surface area (Å²) in [6.45, 7) is 6.06. The molecule has 0 saturated carbocycles. The summed E-state index contributed by atoms with van der Waals surface area (Å²) in [5.74, 6) is 1.55. The van der Waals surface area contributed by atoms with Crippen molar-refractivity contribution < 1.29 is 9.53 Å². The van der Waals surface area contributed by atoms with Crippen molar-refractivity contribution in [3.8, 4) is 5.75 Å². The number of carbonyl (C=O) groups is 1. The lowest BCUT2D eigenvalue weighted by Gasteiger charge is -2.32. The van der Waals surface area contributed by atoms with Crippen LogP contribution in [0, 0.1) is 5.92 Å². The van der Waals surface area contributed by atoms with Crippen molar-refractivity contribution in [2.75, 3.05) is 32.8 Å². The van der Waals surface area contributed by atoms with Crippen LogP contribution >= 0.6 is 12.4 Å². The summed E-state index contributed by atoms with van der Waals surface area (Å²) in [4.78, 5) is 14.0. The first-order valence-electron chi connectivity index (χ1n) is 7.46. The molecule has 1 aliphatic heterocycles. The lowest BCUT2D eigenvalue weighted by molar-refractivity contribution is -0.134. The van der Waals surface area contributed by atoms with Gasteiger partial charge in [-0.05, 0) is 44.0 Å². The Morgan fingerprint density at radius 3 is 2.57 bits per heavy atom. The Morgan fingerprint density at radius 1 is 1.29 bits per heavy atom. The normalized spacial score (nSPS) is 15.4. The van der Waals surface area contributed by atoms with Crippen LogP contribution in [0.5, 0.6) is 5.75 Å². The minimum absolute atomic E-state index is 0. The molecular formula is C16H25ClN2O2. The first kappa shape index (κ1) is 17.8. The second-order valence-corrected chi connectivity index (χ2v) is 5.23. The summed E-state index contributed by atoms with van der Waals surface area (Å²) in [6, 6.07) is 9.49. The van der Waals surface area contributed by atoms with Gasteiger partial charge in [-0.25, -0.2) is 0 Å². The number of nitrogens with one attached hydrogen (secondary N) is 1. The predicted molar refractivity (Wildman–Crippen MR) is 87.0 cm³/mol. The Bertz CT molecular complexity index is 406. The average molecular weight is 313 g/mol. The number of likely N-dealkylation sites (tertiary alicyclic amines) is 1. The van der Waals surface area contributed by atoms with Gasteiger partial charge in [-0.2, -0.15) is 0 Å². The number of hydrogen-bond donors (Lipinski definition) is 1. The minimum atomic E-state index is 0. The van der Waals surface area contributed by atoms with Crippen LogP contribution in [-0.4, -0.2) is 43.6 Å². The molecule has 4 nitrogen and oxygen atoms in total. The SMILES string of the molecule is CCNCC1CCN(C(=O)COc2ccccc2)CC1.Cl. The molecule has 1 saturated heterocycles. The fraction of sp³-hybridized carbons (Fsp3) is 0.562. The fourth-order valence-corrected chi connectivity index (χ4v) is 2.49. The molecule has 2 rings (SSSR count). The molecule has 1 amide bonds. The van der Waals surface area contributed by atoms with E-state index in [-0.39, 0.29) is 24.9 Å². The molecule has 1 fully saturated rings. The van der Waals surface area contributed by atoms with Gasteiger partial charge in [0.15, 0.2) is 6.61 Å². The van der Waals surface area contributed by atoms with Crippen molar-refractivity contribution in [1.29, 1.82) is 0 Å². The highest BCUT2D eigenvalue weighted by molar-refractivity contribution is 5.85. The number of rotatable bonds is 6. The highest BCUT2D eigenvalue weighted by atomic mass is 35.5. The van der Waals surface area contributed by atoms with E-state index in [0.29, 0.717) is 5.92 Å². The number of piperidine rings is 1. The predicted octanol–water partition coefficient (Wildman–Crippen LogP) is 2.34. The van der Waals surface area contributed by atoms with Crippen LogP contribution in [0.15, 0.2) is 30.3 Å². The number of nitrogens with zero attached hydrogens (tertiary/aromatic N) is 1. The molecule has 5 heteroatoms. The van der Waals surface area contributed by atoms with Crippen LogP contribution in [0.25, 0.3) is 0 Å². The first-order chi connectivity index (χ1) is 9.79. The lowest BCUT2D eigenvalue weighted by Crippen LogP contribution is -2.42. The van der Waals surface area contributed by atoms with Gasteiger partial charge in [0.05, 0.1) is 0 Å². The van der Waals surface area contributed by atoms with Crippen molar-refractivity contribution in [1.82, 2.24) is 10.2 Å². The number of benzene rings is 1. The van der Waals surface area contributed by atoms with Gasteiger partial charge in [-0.3, -0.25) is 4.79 Å². The number of amides is 1. The Labute approximate surface area is 133 Å². The summed E-state index contributed by atoms with van der Waals surface area (Å²) in [5.41, 5.74) is 0. The number of ether oxygens (including phenoxy) is 1. The third-order valence-corrected chi connectivity index (χ3v) is 3.76. The van der Waals surface area contributed by atoms with E-state index in [4.69, 9.17) is 4.74 Å². The zero-order valence-corrected chi connectivity index (χ0v) is 13.4. The van der Waals surface area contributed by atoms with Gasteiger partial charge in [0.2, 0.25) is 0 Å². The van der Waals surface area contributed by atoms with E-state index in [2.05, 4.69) is 12.2 Å². The van der Waals surface area contributed by atoms with Gasteiger partial charge >= 0.3 is 0 Å². The van der Waals surface area contributed by atoms with E-state index in [9.17, 15) is 4.79 Å². The van der Waals surface area contributed by atoms with Gasteiger partial charge in [0.1, 0.15) is 5.75 Å². The van der Waals surface area contributed by atoms with Crippen LogP contribution in [0.1, 0.15) is 19.8 Å². The molecule has 1 aromatic carbocycles. The summed E-state index contributed by atoms with van der Waals surface area (Å²) < 4.78 is 5.51. The standard InChI is InChI=1S/C16H24N2O2.ClH/c1-2-17-12-14-8-10-18(11-9-14)16(19)13-20-15-6-4-3-5-7-15;/h3-7,14,17H,2,8-13H2,1H3;1H. The molecule has 0 radical (unpaired) electrons. The van der Waals surface area contributed by atoms with Crippen molar-refractivity contribution >= 4 is 18.3 Å². The number of halogens is 1. The van der Waals surface area contributed by atoms with Crippen LogP contribution < -0.4 is 10.1 Å². The van der Waals surface area contributed by atoms with Crippen molar-refractivity contribution in [3.63, 3.8) is 0 Å². The van der Waals surface area contributed by atoms with Gasteiger partial charge in [-0.15, -0.1) is 12.4 Å². The smallest absolute Gasteiger partial charge is 0.260 e. The second-order valence-electron chi connectivity index (χ2n) is 5.23. The Kier molecular flexibility index (Phi) is 8.16. The maximum absolute atomic E-state index is 12.1. The zero-order valence-electron chi connectivity index (χ0n) is 12.6. The van der Waals surface area contributed by atoms with E-state index in [1.165, 1.54) is 0 Å². The molecule has 0 aromatic heterocycles. The highest BCUT2D eigenvalue weighted by Crippen LogP contribution is 2.17. The summed E-state index contributed by atoms with van der Waals surface area (Å²) in [6.07, 6.45) is 2.17. The Hall–Kier alpha value is -1.26. The molecule has 0 unspecified atom stereocenters. The van der Waals surface area contributed by atoms with Gasteiger partial charge in [-0.1, -0.05) is 25.1 Å². The third kappa shape index (κ3) is 5.94. The topological polar surface area (TPSA) is 41.6 Å². The largest absolute Gasteiger partial charge is 0.484 e. The molecule has 21 heavy (non-hydrogen) atoms. The Balaban J connectivity index is 0.00000220. The van der Waals surface area contributed by atoms with Crippen LogP contribution in [0.2, 0.25) is 0 Å². The second kappa shape index (κ2) is 9.64. The zero-order chi connectivity index (χ0) is 14.2. The summed E-state index contributed by atoms with van der Waals surface area (Å²) in [7, 11) is 0. The summed E-state index contributed by atoms with van der Waals surface area (Å²) in [5, 5.41) is 3.38. The first-order valence-corrected chi connectivity index (χ1v) is 7.46. The molecule has 0 bridgehead atoms. The van der Waals surface area contributed by atoms with E-state index in [0.717, 1.165) is 44.8 Å². The number of hydrogen-bond acceptors (Lipinski definition) is 3. The maximum atomic E-state index is 12.1. The van der Waals surface area contributed by atoms with E-state index in [1.54, 1.807) is 0 Å². The molecule has 1 N–H and O–H groups in total. The van der Waals surface area contributed by atoms with Crippen LogP contribution in [0.3, 0.4) is 0 Å². The molecule has 1 heterocycles. The monoisotopic (exact) mass is 312 g/mol. The molecule has 0 atom stereocenters. The number of para-hydroxylation sites is 1. The molecule has 118 valence electrons. The van der Waals surface area contributed by atoms with Gasteiger partial charge in [0.25, 0.3) is 5.91 Å². The highest BCUT2D eigenvalue weighted by Gasteiger charge is 2.22. The molecular weight excluding hydrogens is 288 g/mol. The van der Waals surface area contributed by atoms with E-state index >= 15 is 0 Å². The van der Waals surface area contributed by atoms with Crippen molar-refractivity contribution in [2.24, 2.45) is 5.92 Å². The third-order valence-electron chi connectivity index (χ3n) is 3.76.